The van der Waals surface area contributed by atoms with Gasteiger partial charge in [-0.25, -0.2) is 0 Å². The third-order valence-electron chi connectivity index (χ3n) is 6.96. The molecule has 0 aromatic heterocycles. The molecule has 0 nitrogen and oxygen atoms in total. The van der Waals surface area contributed by atoms with Crippen molar-refractivity contribution >= 4 is 0 Å². The van der Waals surface area contributed by atoms with E-state index in [1.807, 2.05) is 0 Å². The van der Waals surface area contributed by atoms with Crippen molar-refractivity contribution in [2.75, 3.05) is 0 Å². The average molecular weight is 377 g/mol. The molecule has 0 amide bonds. The van der Waals surface area contributed by atoms with Crippen LogP contribution >= 0.6 is 0 Å². The first-order chi connectivity index (χ1) is 13.7. The molecule has 0 radical (unpaired) electrons. The molecule has 1 aliphatic carbocycles. The second-order valence-electron chi connectivity index (χ2n) is 9.07. The van der Waals surface area contributed by atoms with Crippen LogP contribution in [0.3, 0.4) is 0 Å². The summed E-state index contributed by atoms with van der Waals surface area (Å²) < 4.78 is 0. The van der Waals surface area contributed by atoms with Crippen LogP contribution in [0, 0.1) is 5.92 Å². The van der Waals surface area contributed by atoms with Crippen LogP contribution in [0.4, 0.5) is 0 Å². The summed E-state index contributed by atoms with van der Waals surface area (Å²) in [5, 5.41) is 0. The van der Waals surface area contributed by atoms with Crippen LogP contribution in [-0.2, 0) is 18.3 Å². The zero-order chi connectivity index (χ0) is 19.8. The second-order valence-corrected chi connectivity index (χ2v) is 9.07. The first-order valence-electron chi connectivity index (χ1n) is 11.9. The van der Waals surface area contributed by atoms with Crippen molar-refractivity contribution in [1.82, 2.24) is 0 Å². The Morgan fingerprint density at radius 1 is 0.750 bits per heavy atom. The van der Waals surface area contributed by atoms with Crippen LogP contribution in [-0.4, -0.2) is 0 Å². The molecular formula is C28H40. The number of hydrogen-bond acceptors (Lipinski definition) is 0. The maximum atomic E-state index is 2.53. The van der Waals surface area contributed by atoms with Crippen LogP contribution in [0.2, 0.25) is 0 Å². The van der Waals surface area contributed by atoms with Crippen molar-refractivity contribution in [1.29, 1.82) is 0 Å². The van der Waals surface area contributed by atoms with Crippen molar-refractivity contribution < 1.29 is 0 Å². The molecule has 0 heterocycles. The number of aryl methyl sites for hydroxylation is 2. The van der Waals surface area contributed by atoms with Gasteiger partial charge < -0.3 is 0 Å². The van der Waals surface area contributed by atoms with E-state index in [1.165, 1.54) is 81.8 Å². The minimum absolute atomic E-state index is 0.218. The van der Waals surface area contributed by atoms with Gasteiger partial charge in [-0.2, -0.15) is 0 Å². The summed E-state index contributed by atoms with van der Waals surface area (Å²) in [7, 11) is 0. The summed E-state index contributed by atoms with van der Waals surface area (Å²) in [4.78, 5) is 0. The molecule has 0 bridgehead atoms. The lowest BCUT2D eigenvalue weighted by Gasteiger charge is -2.42. The minimum Gasteiger partial charge on any atom is -0.0654 e. The Morgan fingerprint density at radius 3 is 1.75 bits per heavy atom. The van der Waals surface area contributed by atoms with Crippen LogP contribution in [0.5, 0.6) is 0 Å². The molecule has 0 spiro atoms. The number of benzene rings is 2. The quantitative estimate of drug-likeness (QED) is 0.413. The smallest absolute Gasteiger partial charge is 0.0203 e. The molecule has 28 heavy (non-hydrogen) atoms. The summed E-state index contributed by atoms with van der Waals surface area (Å²) in [6.45, 7) is 6.90. The van der Waals surface area contributed by atoms with Gasteiger partial charge in [-0.05, 0) is 66.7 Å². The minimum atomic E-state index is 0.218. The summed E-state index contributed by atoms with van der Waals surface area (Å²) >= 11 is 0. The SMILES string of the molecule is CCCCC1CCC(c2cccc(CCC)c2)(c2cccc(CCC)c2)CC1. The molecular weight excluding hydrogens is 336 g/mol. The van der Waals surface area contributed by atoms with Gasteiger partial charge in [0, 0.05) is 5.41 Å². The standard InChI is InChI=1S/C28H40/c1-4-7-12-23-17-19-28(20-18-23,26-15-8-13-24(21-26)10-5-2)27-16-9-14-25(22-27)11-6-3/h8-9,13-16,21-23H,4-7,10-12,17-20H2,1-3H3. The fourth-order valence-electron chi connectivity index (χ4n) is 5.32. The molecule has 152 valence electrons. The van der Waals surface area contributed by atoms with E-state index in [0.717, 1.165) is 5.92 Å². The van der Waals surface area contributed by atoms with Gasteiger partial charge in [0.1, 0.15) is 0 Å². The number of hydrogen-bond donors (Lipinski definition) is 0. The maximum Gasteiger partial charge on any atom is 0.0203 e. The van der Waals surface area contributed by atoms with Gasteiger partial charge in [-0.3, -0.25) is 0 Å². The molecule has 0 heteroatoms. The third kappa shape index (κ3) is 4.88. The lowest BCUT2D eigenvalue weighted by atomic mass is 9.62. The fraction of sp³-hybridized carbons (Fsp3) is 0.571. The molecule has 0 N–H and O–H groups in total. The zero-order valence-electron chi connectivity index (χ0n) is 18.5. The van der Waals surface area contributed by atoms with Gasteiger partial charge in [-0.1, -0.05) is 101 Å². The molecule has 3 rings (SSSR count). The van der Waals surface area contributed by atoms with E-state index in [0.29, 0.717) is 0 Å². The largest absolute Gasteiger partial charge is 0.0654 e. The van der Waals surface area contributed by atoms with Crippen molar-refractivity contribution in [3.63, 3.8) is 0 Å². The van der Waals surface area contributed by atoms with E-state index >= 15 is 0 Å². The molecule has 0 unspecified atom stereocenters. The molecule has 0 aliphatic heterocycles. The van der Waals surface area contributed by atoms with Crippen LogP contribution < -0.4 is 0 Å². The molecule has 1 fully saturated rings. The van der Waals surface area contributed by atoms with Gasteiger partial charge in [0.05, 0.1) is 0 Å². The van der Waals surface area contributed by atoms with E-state index in [-0.39, 0.29) is 5.41 Å². The van der Waals surface area contributed by atoms with Crippen molar-refractivity contribution in [2.45, 2.75) is 96.8 Å². The van der Waals surface area contributed by atoms with Gasteiger partial charge in [0.2, 0.25) is 0 Å². The fourth-order valence-corrected chi connectivity index (χ4v) is 5.32. The van der Waals surface area contributed by atoms with E-state index in [1.54, 1.807) is 11.1 Å². The topological polar surface area (TPSA) is 0 Å². The highest BCUT2D eigenvalue weighted by atomic mass is 14.4. The van der Waals surface area contributed by atoms with Gasteiger partial charge in [0.25, 0.3) is 0 Å². The monoisotopic (exact) mass is 376 g/mol. The zero-order valence-corrected chi connectivity index (χ0v) is 18.5. The predicted octanol–water partition coefficient (Wildman–Crippen LogP) is 8.26. The Labute approximate surface area is 173 Å². The highest BCUT2D eigenvalue weighted by molar-refractivity contribution is 5.43. The van der Waals surface area contributed by atoms with Crippen molar-refractivity contribution in [3.05, 3.63) is 70.8 Å². The molecule has 1 aliphatic rings. The Morgan fingerprint density at radius 2 is 1.29 bits per heavy atom. The second kappa shape index (κ2) is 10.3. The maximum absolute atomic E-state index is 2.53. The summed E-state index contributed by atoms with van der Waals surface area (Å²) in [6, 6.07) is 19.1. The summed E-state index contributed by atoms with van der Waals surface area (Å²) in [6.07, 6.45) is 14.4. The Hall–Kier alpha value is -1.56. The van der Waals surface area contributed by atoms with Crippen LogP contribution in [0.15, 0.2) is 48.5 Å². The van der Waals surface area contributed by atoms with Crippen molar-refractivity contribution in [2.24, 2.45) is 5.92 Å². The van der Waals surface area contributed by atoms with Gasteiger partial charge in [-0.15, -0.1) is 0 Å². The molecule has 2 aromatic rings. The first-order valence-corrected chi connectivity index (χ1v) is 11.9. The summed E-state index contributed by atoms with van der Waals surface area (Å²) in [5.74, 6) is 0.936. The molecule has 1 saturated carbocycles. The number of rotatable bonds is 9. The Balaban J connectivity index is 1.95. The lowest BCUT2D eigenvalue weighted by molar-refractivity contribution is 0.251. The highest BCUT2D eigenvalue weighted by Crippen LogP contribution is 2.47. The highest BCUT2D eigenvalue weighted by Gasteiger charge is 2.38. The summed E-state index contributed by atoms with van der Waals surface area (Å²) in [5.41, 5.74) is 6.38. The molecule has 0 saturated heterocycles. The Bertz CT molecular complexity index is 667. The Kier molecular flexibility index (Phi) is 7.77. The third-order valence-corrected chi connectivity index (χ3v) is 6.96. The van der Waals surface area contributed by atoms with Gasteiger partial charge in [0.15, 0.2) is 0 Å². The predicted molar refractivity (Wildman–Crippen MR) is 123 cm³/mol. The average Bonchev–Trinajstić information content (AvgIpc) is 2.73. The van der Waals surface area contributed by atoms with E-state index in [4.69, 9.17) is 0 Å². The van der Waals surface area contributed by atoms with Gasteiger partial charge >= 0.3 is 0 Å². The first kappa shape index (κ1) is 21.2. The molecule has 2 aromatic carbocycles. The van der Waals surface area contributed by atoms with Crippen LogP contribution in [0.1, 0.15) is 101 Å². The van der Waals surface area contributed by atoms with E-state index in [9.17, 15) is 0 Å². The molecule has 0 atom stereocenters. The van der Waals surface area contributed by atoms with Crippen molar-refractivity contribution in [3.8, 4) is 0 Å². The van der Waals surface area contributed by atoms with E-state index < -0.39 is 0 Å². The van der Waals surface area contributed by atoms with E-state index in [2.05, 4.69) is 69.3 Å². The normalized spacial score (nSPS) is 17.0. The number of unbranched alkanes of at least 4 members (excludes halogenated alkanes) is 1. The van der Waals surface area contributed by atoms with Crippen LogP contribution in [0.25, 0.3) is 0 Å². The lowest BCUT2D eigenvalue weighted by Crippen LogP contribution is -2.33.